The van der Waals surface area contributed by atoms with Gasteiger partial charge in [-0.25, -0.2) is 4.39 Å². The molecule has 1 atom stereocenters. The summed E-state index contributed by atoms with van der Waals surface area (Å²) < 4.78 is 19.6. The molecular formula is C15H13BrFNO2. The van der Waals surface area contributed by atoms with Gasteiger partial charge in [0.05, 0.1) is 10.5 Å². The first-order valence-electron chi connectivity index (χ1n) is 6.22. The normalized spacial score (nSPS) is 16.6. The van der Waals surface area contributed by atoms with Gasteiger partial charge in [-0.05, 0) is 52.7 Å². The van der Waals surface area contributed by atoms with E-state index in [4.69, 9.17) is 4.74 Å². The smallest absolute Gasteiger partial charge is 0.139 e. The van der Waals surface area contributed by atoms with Gasteiger partial charge < -0.3 is 15.2 Å². The minimum atomic E-state index is -0.303. The molecule has 2 N–H and O–H groups in total. The molecule has 2 aromatic carbocycles. The van der Waals surface area contributed by atoms with E-state index in [1.807, 2.05) is 13.0 Å². The topological polar surface area (TPSA) is 41.5 Å². The number of ether oxygens (including phenoxy) is 1. The lowest BCUT2D eigenvalue weighted by molar-refractivity contribution is 0.338. The molecule has 0 aliphatic carbocycles. The summed E-state index contributed by atoms with van der Waals surface area (Å²) in [6.45, 7) is 2.37. The monoisotopic (exact) mass is 337 g/mol. The van der Waals surface area contributed by atoms with E-state index in [1.54, 1.807) is 18.2 Å². The average Bonchev–Trinajstić information content (AvgIpc) is 2.78. The molecule has 2 aromatic rings. The van der Waals surface area contributed by atoms with E-state index in [1.165, 1.54) is 6.07 Å². The Morgan fingerprint density at radius 1 is 1.35 bits per heavy atom. The molecule has 0 saturated carbocycles. The van der Waals surface area contributed by atoms with Crippen LogP contribution in [0.2, 0.25) is 0 Å². The number of hydrogen-bond acceptors (Lipinski definition) is 3. The molecule has 1 aliphatic rings. The molecule has 0 saturated heterocycles. The minimum absolute atomic E-state index is 0.0510. The Kier molecular flexibility index (Phi) is 3.30. The fourth-order valence-corrected chi connectivity index (χ4v) is 2.77. The summed E-state index contributed by atoms with van der Waals surface area (Å²) in [6, 6.07) is 8.19. The Bertz CT molecular complexity index is 675. The predicted molar refractivity (Wildman–Crippen MR) is 78.8 cm³/mol. The summed E-state index contributed by atoms with van der Waals surface area (Å²) in [5, 5.41) is 12.7. The number of phenols is 1. The Hall–Kier alpha value is -1.75. The largest absolute Gasteiger partial charge is 0.508 e. The molecule has 5 heteroatoms. The number of rotatable bonds is 2. The number of nitrogens with one attached hydrogen (secondary N) is 1. The van der Waals surface area contributed by atoms with Gasteiger partial charge in [-0.15, -0.1) is 0 Å². The predicted octanol–water partition coefficient (Wildman–Crippen LogP) is 4.15. The Labute approximate surface area is 124 Å². The van der Waals surface area contributed by atoms with Gasteiger partial charge in [0.2, 0.25) is 0 Å². The van der Waals surface area contributed by atoms with Crippen molar-refractivity contribution in [2.45, 2.75) is 13.0 Å². The second-order valence-electron chi connectivity index (χ2n) is 4.81. The van der Waals surface area contributed by atoms with Crippen molar-refractivity contribution in [2.24, 2.45) is 0 Å². The highest BCUT2D eigenvalue weighted by atomic mass is 79.9. The van der Waals surface area contributed by atoms with Gasteiger partial charge in [0.1, 0.15) is 23.9 Å². The first-order chi connectivity index (χ1) is 9.54. The van der Waals surface area contributed by atoms with Crippen molar-refractivity contribution >= 4 is 21.6 Å². The van der Waals surface area contributed by atoms with Crippen LogP contribution < -0.4 is 10.1 Å². The molecule has 0 bridgehead atoms. The maximum Gasteiger partial charge on any atom is 0.139 e. The van der Waals surface area contributed by atoms with Crippen LogP contribution in [0.25, 0.3) is 0 Å². The highest BCUT2D eigenvalue weighted by molar-refractivity contribution is 9.10. The van der Waals surface area contributed by atoms with E-state index in [9.17, 15) is 9.50 Å². The third-order valence-corrected chi connectivity index (χ3v) is 3.98. The molecule has 3 nitrogen and oxygen atoms in total. The van der Waals surface area contributed by atoms with E-state index in [2.05, 4.69) is 21.2 Å². The van der Waals surface area contributed by atoms with Crippen molar-refractivity contribution in [3.63, 3.8) is 0 Å². The highest BCUT2D eigenvalue weighted by Crippen LogP contribution is 2.37. The van der Waals surface area contributed by atoms with Gasteiger partial charge in [0.25, 0.3) is 0 Å². The molecule has 20 heavy (non-hydrogen) atoms. The zero-order valence-corrected chi connectivity index (χ0v) is 12.4. The molecule has 0 amide bonds. The second-order valence-corrected chi connectivity index (χ2v) is 5.67. The summed E-state index contributed by atoms with van der Waals surface area (Å²) in [5.41, 5.74) is 2.65. The van der Waals surface area contributed by atoms with Crippen molar-refractivity contribution < 1.29 is 14.2 Å². The number of benzene rings is 2. The lowest BCUT2D eigenvalue weighted by Gasteiger charge is -2.16. The summed E-state index contributed by atoms with van der Waals surface area (Å²) in [4.78, 5) is 0. The van der Waals surface area contributed by atoms with Gasteiger partial charge >= 0.3 is 0 Å². The molecule has 0 radical (unpaired) electrons. The van der Waals surface area contributed by atoms with Crippen LogP contribution in [0.15, 0.2) is 34.8 Å². The van der Waals surface area contributed by atoms with Gasteiger partial charge in [0.15, 0.2) is 0 Å². The van der Waals surface area contributed by atoms with Gasteiger partial charge in [-0.1, -0.05) is 0 Å². The summed E-state index contributed by atoms with van der Waals surface area (Å²) in [5.74, 6) is 0.538. The Morgan fingerprint density at radius 3 is 2.95 bits per heavy atom. The number of fused-ring (bicyclic) bond motifs is 1. The van der Waals surface area contributed by atoms with Gasteiger partial charge in [-0.2, -0.15) is 0 Å². The SMILES string of the molecule is Cc1cc(Br)c(F)cc1NC1COc2cc(O)ccc21. The quantitative estimate of drug-likeness (QED) is 0.864. The van der Waals surface area contributed by atoms with Crippen LogP contribution in [0.4, 0.5) is 10.1 Å². The van der Waals surface area contributed by atoms with Crippen molar-refractivity contribution in [1.29, 1.82) is 0 Å². The van der Waals surface area contributed by atoms with E-state index >= 15 is 0 Å². The molecule has 104 valence electrons. The number of phenolic OH excluding ortho intramolecular Hbond substituents is 1. The lowest BCUT2D eigenvalue weighted by Crippen LogP contribution is -2.13. The number of halogens is 2. The van der Waals surface area contributed by atoms with Gasteiger partial charge in [0, 0.05) is 17.3 Å². The fourth-order valence-electron chi connectivity index (χ4n) is 2.31. The molecule has 0 spiro atoms. The van der Waals surface area contributed by atoms with Crippen LogP contribution in [-0.2, 0) is 0 Å². The lowest BCUT2D eigenvalue weighted by atomic mass is 10.1. The third kappa shape index (κ3) is 2.33. The Morgan fingerprint density at radius 2 is 2.15 bits per heavy atom. The standard InChI is InChI=1S/C15H13BrFNO2/c1-8-4-11(16)12(17)6-13(8)18-14-7-20-15-5-9(19)2-3-10(14)15/h2-6,14,18-19H,7H2,1H3. The van der Waals surface area contributed by atoms with Crippen LogP contribution in [0, 0.1) is 12.7 Å². The van der Waals surface area contributed by atoms with E-state index in [0.29, 0.717) is 16.8 Å². The van der Waals surface area contributed by atoms with Crippen LogP contribution in [0.3, 0.4) is 0 Å². The fraction of sp³-hybridized carbons (Fsp3) is 0.200. The molecule has 1 unspecified atom stereocenters. The Balaban J connectivity index is 1.89. The van der Waals surface area contributed by atoms with Crippen LogP contribution in [0.5, 0.6) is 11.5 Å². The molecule has 1 heterocycles. The molecule has 0 fully saturated rings. The third-order valence-electron chi connectivity index (χ3n) is 3.38. The van der Waals surface area contributed by atoms with Crippen molar-refractivity contribution in [1.82, 2.24) is 0 Å². The number of aromatic hydroxyl groups is 1. The second kappa shape index (κ2) is 4.98. The molecule has 1 aliphatic heterocycles. The summed E-state index contributed by atoms with van der Waals surface area (Å²) in [6.07, 6.45) is 0. The van der Waals surface area contributed by atoms with Crippen molar-refractivity contribution in [3.05, 3.63) is 51.7 Å². The van der Waals surface area contributed by atoms with E-state index in [-0.39, 0.29) is 17.6 Å². The number of hydrogen-bond donors (Lipinski definition) is 2. The average molecular weight is 338 g/mol. The molecule has 0 aromatic heterocycles. The summed E-state index contributed by atoms with van der Waals surface area (Å²) in [7, 11) is 0. The van der Waals surface area contributed by atoms with Crippen LogP contribution in [0.1, 0.15) is 17.2 Å². The van der Waals surface area contributed by atoms with Crippen LogP contribution in [-0.4, -0.2) is 11.7 Å². The highest BCUT2D eigenvalue weighted by Gasteiger charge is 2.25. The first kappa shape index (κ1) is 13.2. The maximum absolute atomic E-state index is 13.6. The van der Waals surface area contributed by atoms with E-state index < -0.39 is 0 Å². The van der Waals surface area contributed by atoms with Crippen molar-refractivity contribution in [2.75, 3.05) is 11.9 Å². The van der Waals surface area contributed by atoms with Crippen molar-refractivity contribution in [3.8, 4) is 11.5 Å². The zero-order chi connectivity index (χ0) is 14.3. The molecular weight excluding hydrogens is 325 g/mol. The number of aryl methyl sites for hydroxylation is 1. The first-order valence-corrected chi connectivity index (χ1v) is 7.02. The summed E-state index contributed by atoms with van der Waals surface area (Å²) >= 11 is 3.17. The zero-order valence-electron chi connectivity index (χ0n) is 10.8. The van der Waals surface area contributed by atoms with E-state index in [0.717, 1.165) is 16.8 Å². The van der Waals surface area contributed by atoms with Crippen LogP contribution >= 0.6 is 15.9 Å². The molecule has 3 rings (SSSR count). The number of anilines is 1. The van der Waals surface area contributed by atoms with Gasteiger partial charge in [-0.3, -0.25) is 0 Å². The maximum atomic E-state index is 13.6. The minimum Gasteiger partial charge on any atom is -0.508 e.